The fourth-order valence-corrected chi connectivity index (χ4v) is 2.06. The van der Waals surface area contributed by atoms with E-state index in [0.717, 1.165) is 4.73 Å². The minimum atomic E-state index is -1.34. The van der Waals surface area contributed by atoms with Crippen molar-refractivity contribution in [1.82, 2.24) is 19.7 Å². The van der Waals surface area contributed by atoms with E-state index in [2.05, 4.69) is 15.0 Å². The van der Waals surface area contributed by atoms with E-state index in [-0.39, 0.29) is 22.9 Å². The molecule has 0 amide bonds. The summed E-state index contributed by atoms with van der Waals surface area (Å²) in [5, 5.41) is 28.5. The number of fused-ring (bicyclic) bond motifs is 1. The van der Waals surface area contributed by atoms with Gasteiger partial charge >= 0.3 is 0 Å². The maximum Gasteiger partial charge on any atom is 0.254 e. The summed E-state index contributed by atoms with van der Waals surface area (Å²) >= 11 is 0. The fourth-order valence-electron chi connectivity index (χ4n) is 2.06. The number of hydrogen-bond acceptors (Lipinski definition) is 10. The number of ether oxygens (including phenoxy) is 1. The predicted octanol–water partition coefficient (Wildman–Crippen LogP) is -3.14. The standard InChI is InChI=1S/C10H14N6O5/c11-7-4-8(15-10(12)14-7)16(2-13-4)21-9-6(19)5(18)3(1-17)20-9/h2-3,5-6,9,17-19H,1H2,(H4,11,12,14,15)/t3-,5-,6-,9-/m1/s1. The van der Waals surface area contributed by atoms with Gasteiger partial charge in [-0.15, -0.1) is 4.73 Å². The zero-order valence-electron chi connectivity index (χ0n) is 10.7. The summed E-state index contributed by atoms with van der Waals surface area (Å²) in [7, 11) is 0. The lowest BCUT2D eigenvalue weighted by Crippen LogP contribution is -2.38. The van der Waals surface area contributed by atoms with Gasteiger partial charge in [-0.25, -0.2) is 4.98 Å². The SMILES string of the molecule is Nc1nc(N)c2ncn(O[C@H]3O[C@H](CO)[C@@H](O)[C@H]3O)c2n1. The third-order valence-electron chi connectivity index (χ3n) is 3.13. The van der Waals surface area contributed by atoms with Gasteiger partial charge in [-0.3, -0.25) is 0 Å². The molecule has 0 radical (unpaired) electrons. The van der Waals surface area contributed by atoms with Gasteiger partial charge in [0, 0.05) is 0 Å². The average molecular weight is 298 g/mol. The van der Waals surface area contributed by atoms with Gasteiger partial charge in [-0.1, -0.05) is 0 Å². The van der Waals surface area contributed by atoms with Crippen molar-refractivity contribution >= 4 is 22.9 Å². The van der Waals surface area contributed by atoms with Crippen LogP contribution in [0.15, 0.2) is 6.33 Å². The first-order valence-electron chi connectivity index (χ1n) is 6.07. The lowest BCUT2D eigenvalue weighted by Gasteiger charge is -2.16. The molecular formula is C10H14N6O5. The number of nitrogens with two attached hydrogens (primary N) is 2. The number of aliphatic hydroxyl groups is 3. The van der Waals surface area contributed by atoms with Crippen molar-refractivity contribution < 1.29 is 24.9 Å². The van der Waals surface area contributed by atoms with Crippen LogP contribution in [0.3, 0.4) is 0 Å². The van der Waals surface area contributed by atoms with E-state index in [1.54, 1.807) is 0 Å². The molecule has 11 heteroatoms. The lowest BCUT2D eigenvalue weighted by molar-refractivity contribution is -0.169. The highest BCUT2D eigenvalue weighted by Gasteiger charge is 2.44. The van der Waals surface area contributed by atoms with Gasteiger partial charge in [-0.2, -0.15) is 9.97 Å². The largest absolute Gasteiger partial charge is 0.394 e. The minimum absolute atomic E-state index is 0.0634. The molecule has 0 unspecified atom stereocenters. The molecule has 1 aliphatic heterocycles. The van der Waals surface area contributed by atoms with E-state index in [4.69, 9.17) is 26.1 Å². The lowest BCUT2D eigenvalue weighted by atomic mass is 10.1. The van der Waals surface area contributed by atoms with Gasteiger partial charge in [0.1, 0.15) is 24.6 Å². The average Bonchev–Trinajstić information content (AvgIpc) is 2.96. The molecule has 2 aromatic heterocycles. The van der Waals surface area contributed by atoms with Gasteiger partial charge < -0.3 is 36.4 Å². The van der Waals surface area contributed by atoms with Gasteiger partial charge in [0.25, 0.3) is 6.29 Å². The van der Waals surface area contributed by atoms with E-state index in [1.807, 2.05) is 0 Å². The van der Waals surface area contributed by atoms with Crippen molar-refractivity contribution in [3.8, 4) is 0 Å². The van der Waals surface area contributed by atoms with Crippen LogP contribution in [0, 0.1) is 0 Å². The second kappa shape index (κ2) is 4.96. The molecular weight excluding hydrogens is 284 g/mol. The van der Waals surface area contributed by atoms with E-state index < -0.39 is 31.2 Å². The molecule has 0 spiro atoms. The van der Waals surface area contributed by atoms with Crippen molar-refractivity contribution in [3.05, 3.63) is 6.33 Å². The molecule has 11 nitrogen and oxygen atoms in total. The molecule has 3 rings (SSSR count). The number of aromatic nitrogens is 4. The number of anilines is 2. The fraction of sp³-hybridized carbons (Fsp3) is 0.500. The van der Waals surface area contributed by atoms with Crippen LogP contribution >= 0.6 is 0 Å². The molecule has 0 aliphatic carbocycles. The highest BCUT2D eigenvalue weighted by Crippen LogP contribution is 2.22. The summed E-state index contributed by atoms with van der Waals surface area (Å²) in [6.45, 7) is -0.454. The van der Waals surface area contributed by atoms with Crippen molar-refractivity contribution in [2.24, 2.45) is 0 Å². The van der Waals surface area contributed by atoms with E-state index in [1.165, 1.54) is 6.33 Å². The van der Waals surface area contributed by atoms with Crippen LogP contribution in [0.4, 0.5) is 11.8 Å². The van der Waals surface area contributed by atoms with E-state index >= 15 is 0 Å². The molecule has 1 aliphatic rings. The molecule has 114 valence electrons. The Morgan fingerprint density at radius 2 is 2.05 bits per heavy atom. The molecule has 2 aromatic rings. The Kier molecular flexibility index (Phi) is 3.25. The Balaban J connectivity index is 1.89. The monoisotopic (exact) mass is 298 g/mol. The first kappa shape index (κ1) is 13.8. The van der Waals surface area contributed by atoms with Crippen molar-refractivity contribution in [1.29, 1.82) is 0 Å². The molecule has 7 N–H and O–H groups in total. The third kappa shape index (κ3) is 2.21. The van der Waals surface area contributed by atoms with E-state index in [0.29, 0.717) is 0 Å². The molecule has 4 atom stereocenters. The molecule has 0 saturated carbocycles. The maximum atomic E-state index is 9.81. The van der Waals surface area contributed by atoms with Gasteiger partial charge in [0.15, 0.2) is 11.3 Å². The van der Waals surface area contributed by atoms with Crippen LogP contribution in [0.2, 0.25) is 0 Å². The molecule has 0 bridgehead atoms. The normalized spacial score (nSPS) is 29.1. The first-order valence-corrected chi connectivity index (χ1v) is 6.07. The van der Waals surface area contributed by atoms with Crippen LogP contribution in [-0.2, 0) is 4.74 Å². The van der Waals surface area contributed by atoms with Crippen LogP contribution in [0.25, 0.3) is 11.2 Å². The van der Waals surface area contributed by atoms with Crippen LogP contribution < -0.4 is 16.3 Å². The van der Waals surface area contributed by atoms with Gasteiger partial charge in [0.05, 0.1) is 6.61 Å². The van der Waals surface area contributed by atoms with Gasteiger partial charge in [-0.05, 0) is 0 Å². The minimum Gasteiger partial charge on any atom is -0.394 e. The number of nitrogens with zero attached hydrogens (tertiary/aromatic N) is 4. The zero-order valence-corrected chi connectivity index (χ0v) is 10.7. The topological polar surface area (TPSA) is 175 Å². The smallest absolute Gasteiger partial charge is 0.254 e. The predicted molar refractivity (Wildman–Crippen MR) is 68.5 cm³/mol. The number of hydrogen-bond donors (Lipinski definition) is 5. The Hall–Kier alpha value is -2.21. The molecule has 1 fully saturated rings. The summed E-state index contributed by atoms with van der Waals surface area (Å²) in [5.74, 6) is 0.0208. The van der Waals surface area contributed by atoms with Crippen LogP contribution in [0.5, 0.6) is 0 Å². The Labute approximate surface area is 117 Å². The number of imidazole rings is 1. The summed E-state index contributed by atoms with van der Waals surface area (Å²) in [5.41, 5.74) is 11.6. The first-order chi connectivity index (χ1) is 10.0. The van der Waals surface area contributed by atoms with Crippen molar-refractivity contribution in [2.75, 3.05) is 18.1 Å². The summed E-state index contributed by atoms with van der Waals surface area (Å²) in [6, 6.07) is 0. The van der Waals surface area contributed by atoms with Crippen LogP contribution in [-0.4, -0.2) is 66.2 Å². The second-order valence-corrected chi connectivity index (χ2v) is 4.52. The Bertz CT molecular complexity index is 663. The van der Waals surface area contributed by atoms with Crippen LogP contribution in [0.1, 0.15) is 0 Å². The number of rotatable bonds is 3. The quantitative estimate of drug-likeness (QED) is 0.389. The molecule has 1 saturated heterocycles. The molecule has 21 heavy (non-hydrogen) atoms. The highest BCUT2D eigenvalue weighted by molar-refractivity contribution is 5.82. The summed E-state index contributed by atoms with van der Waals surface area (Å²) in [6.07, 6.45) is -3.49. The number of nitrogen functional groups attached to an aromatic ring is 2. The van der Waals surface area contributed by atoms with E-state index in [9.17, 15) is 10.2 Å². The van der Waals surface area contributed by atoms with Gasteiger partial charge in [0.2, 0.25) is 11.6 Å². The Morgan fingerprint density at radius 1 is 1.29 bits per heavy atom. The molecule has 0 aromatic carbocycles. The zero-order chi connectivity index (χ0) is 15.1. The maximum absolute atomic E-state index is 9.81. The highest BCUT2D eigenvalue weighted by atomic mass is 16.8. The molecule has 3 heterocycles. The second-order valence-electron chi connectivity index (χ2n) is 4.52. The Morgan fingerprint density at radius 3 is 2.71 bits per heavy atom. The number of aliphatic hydroxyl groups excluding tert-OH is 3. The van der Waals surface area contributed by atoms with Crippen molar-refractivity contribution in [2.45, 2.75) is 24.6 Å². The third-order valence-corrected chi connectivity index (χ3v) is 3.13. The summed E-state index contributed by atoms with van der Waals surface area (Å²) < 4.78 is 6.29. The summed E-state index contributed by atoms with van der Waals surface area (Å²) in [4.78, 5) is 17.0. The van der Waals surface area contributed by atoms with Crippen molar-refractivity contribution in [3.63, 3.8) is 0 Å².